The Balaban J connectivity index is 0.903. The number of piperidine rings is 3. The SMILES string of the molecule is COc1cc(-c2cn(C)c(=O)c3[nH]ncc23)cc(F)c1CC1CCN(CCN2CCC(c3ccc(NC4CCC(=O)NC4=O)cc3C(F)(F)F)CC2)CC1. The first kappa shape index (κ1) is 37.6. The van der Waals surface area contributed by atoms with Gasteiger partial charge in [-0.05, 0) is 112 Å². The minimum atomic E-state index is -4.54. The third-order valence-corrected chi connectivity index (χ3v) is 11.4. The molecule has 11 nitrogen and oxygen atoms in total. The van der Waals surface area contributed by atoms with E-state index in [0.717, 1.165) is 45.1 Å². The third-order valence-electron chi connectivity index (χ3n) is 11.4. The monoisotopic (exact) mass is 751 g/mol. The highest BCUT2D eigenvalue weighted by atomic mass is 19.4. The Morgan fingerprint density at radius 3 is 2.33 bits per heavy atom. The van der Waals surface area contributed by atoms with E-state index in [9.17, 15) is 27.6 Å². The maximum atomic E-state index is 15.7. The molecule has 0 radical (unpaired) electrons. The fourth-order valence-electron chi connectivity index (χ4n) is 8.26. The Hall–Kier alpha value is -4.76. The number of pyridine rings is 1. The van der Waals surface area contributed by atoms with Gasteiger partial charge in [0.15, 0.2) is 0 Å². The van der Waals surface area contributed by atoms with Crippen LogP contribution >= 0.6 is 0 Å². The Bertz CT molecular complexity index is 2080. The van der Waals surface area contributed by atoms with Crippen LogP contribution in [0, 0.1) is 11.7 Å². The predicted molar refractivity (Wildman–Crippen MR) is 196 cm³/mol. The molecule has 3 aliphatic rings. The molecular weight excluding hydrogens is 706 g/mol. The number of hydrogen-bond donors (Lipinski definition) is 3. The summed E-state index contributed by atoms with van der Waals surface area (Å²) < 4.78 is 65.6. The summed E-state index contributed by atoms with van der Waals surface area (Å²) in [6.07, 6.45) is 2.69. The number of aryl methyl sites for hydroxylation is 1. The summed E-state index contributed by atoms with van der Waals surface area (Å²) in [5, 5.41) is 12.5. The van der Waals surface area contributed by atoms with Crippen LogP contribution < -0.4 is 20.9 Å². The Morgan fingerprint density at radius 2 is 1.67 bits per heavy atom. The summed E-state index contributed by atoms with van der Waals surface area (Å²) in [6.45, 7) is 4.86. The Kier molecular flexibility index (Phi) is 10.8. The van der Waals surface area contributed by atoms with E-state index >= 15 is 4.39 Å². The minimum Gasteiger partial charge on any atom is -0.496 e. The fraction of sp³-hybridized carbons (Fsp3) is 0.487. The molecule has 5 heterocycles. The molecule has 54 heavy (non-hydrogen) atoms. The van der Waals surface area contributed by atoms with Crippen LogP contribution in [-0.2, 0) is 29.2 Å². The number of fused-ring (bicyclic) bond motifs is 1. The summed E-state index contributed by atoms with van der Waals surface area (Å²) in [7, 11) is 3.19. The number of ether oxygens (including phenoxy) is 1. The summed E-state index contributed by atoms with van der Waals surface area (Å²) in [6, 6.07) is 6.78. The van der Waals surface area contributed by atoms with Crippen LogP contribution in [-0.4, -0.2) is 88.8 Å². The number of amides is 2. The smallest absolute Gasteiger partial charge is 0.416 e. The standard InChI is InChI=1S/C39H45F4N7O4/c1-48-22-30(29-21-44-47-36(29)38(48)53)25-18-32(40)28(34(19-25)54-2)17-23-7-11-49(12-8-23)15-16-50-13-9-24(10-14-50)27-4-3-26(20-31(27)39(41,42)43)45-33-5-6-35(51)46-37(33)52/h3-4,18-24,33,45H,5-17H2,1-2H3,(H,44,47)(H,46,51,52). The highest BCUT2D eigenvalue weighted by Gasteiger charge is 2.37. The number of carbonyl (C=O) groups excluding carboxylic acids is 2. The average molecular weight is 752 g/mol. The Morgan fingerprint density at radius 1 is 0.963 bits per heavy atom. The first-order valence-electron chi connectivity index (χ1n) is 18.5. The summed E-state index contributed by atoms with van der Waals surface area (Å²) >= 11 is 0. The van der Waals surface area contributed by atoms with Crippen LogP contribution in [0.2, 0.25) is 0 Å². The number of carbonyl (C=O) groups is 2. The summed E-state index contributed by atoms with van der Waals surface area (Å²) in [5.41, 5.74) is 1.78. The van der Waals surface area contributed by atoms with E-state index in [-0.39, 0.29) is 53.2 Å². The van der Waals surface area contributed by atoms with Crippen molar-refractivity contribution in [3.63, 3.8) is 0 Å². The van der Waals surface area contributed by atoms with E-state index in [1.807, 2.05) is 6.07 Å². The predicted octanol–water partition coefficient (Wildman–Crippen LogP) is 5.45. The van der Waals surface area contributed by atoms with Crippen LogP contribution in [0.5, 0.6) is 5.75 Å². The van der Waals surface area contributed by atoms with E-state index in [2.05, 4.69) is 30.6 Å². The van der Waals surface area contributed by atoms with Crippen LogP contribution in [0.25, 0.3) is 22.0 Å². The van der Waals surface area contributed by atoms with Crippen molar-refractivity contribution in [3.05, 3.63) is 75.6 Å². The number of aromatic amines is 1. The zero-order chi connectivity index (χ0) is 38.1. The molecule has 2 aromatic heterocycles. The topological polar surface area (TPSA) is 125 Å². The highest BCUT2D eigenvalue weighted by Crippen LogP contribution is 2.41. The van der Waals surface area contributed by atoms with Crippen molar-refractivity contribution in [3.8, 4) is 16.9 Å². The first-order chi connectivity index (χ1) is 25.9. The number of aromatic nitrogens is 3. The number of imide groups is 1. The van der Waals surface area contributed by atoms with Crippen LogP contribution in [0.15, 0.2) is 47.5 Å². The molecule has 0 saturated carbocycles. The molecular formula is C39H45F4N7O4. The van der Waals surface area contributed by atoms with Crippen LogP contribution in [0.4, 0.5) is 23.2 Å². The largest absolute Gasteiger partial charge is 0.496 e. The molecule has 4 aromatic rings. The second-order valence-electron chi connectivity index (χ2n) is 14.8. The molecule has 1 unspecified atom stereocenters. The number of methoxy groups -OCH3 is 1. The zero-order valence-electron chi connectivity index (χ0n) is 30.4. The van der Waals surface area contributed by atoms with Gasteiger partial charge in [-0.3, -0.25) is 24.8 Å². The molecule has 3 N–H and O–H groups in total. The van der Waals surface area contributed by atoms with Crippen molar-refractivity contribution in [2.75, 3.05) is 51.7 Å². The number of nitrogens with zero attached hydrogens (tertiary/aromatic N) is 4. The lowest BCUT2D eigenvalue weighted by Gasteiger charge is -2.36. The lowest BCUT2D eigenvalue weighted by atomic mass is 9.86. The lowest BCUT2D eigenvalue weighted by molar-refractivity contribution is -0.138. The normalized spacial score (nSPS) is 19.7. The summed E-state index contributed by atoms with van der Waals surface area (Å²) in [5.74, 6) is -0.718. The van der Waals surface area contributed by atoms with Crippen molar-refractivity contribution >= 4 is 28.4 Å². The molecule has 2 aromatic carbocycles. The molecule has 3 saturated heterocycles. The minimum absolute atomic E-state index is 0.135. The molecule has 1 atom stereocenters. The van der Waals surface area contributed by atoms with Gasteiger partial charge in [0.1, 0.15) is 23.1 Å². The van der Waals surface area contributed by atoms with Gasteiger partial charge in [-0.1, -0.05) is 6.07 Å². The molecule has 0 bridgehead atoms. The molecule has 15 heteroatoms. The van der Waals surface area contributed by atoms with E-state index in [1.165, 1.54) is 23.8 Å². The quantitative estimate of drug-likeness (QED) is 0.145. The molecule has 0 aliphatic carbocycles. The van der Waals surface area contributed by atoms with Gasteiger partial charge in [0.2, 0.25) is 11.8 Å². The number of H-pyrrole nitrogens is 1. The Labute approximate surface area is 310 Å². The van der Waals surface area contributed by atoms with Crippen molar-refractivity contribution in [1.82, 2.24) is 29.9 Å². The van der Waals surface area contributed by atoms with Crippen molar-refractivity contribution in [2.45, 2.75) is 63.1 Å². The summed E-state index contributed by atoms with van der Waals surface area (Å²) in [4.78, 5) is 40.8. The van der Waals surface area contributed by atoms with Gasteiger partial charge >= 0.3 is 6.18 Å². The molecule has 7 rings (SSSR count). The van der Waals surface area contributed by atoms with E-state index in [4.69, 9.17) is 4.74 Å². The maximum Gasteiger partial charge on any atom is 0.416 e. The van der Waals surface area contributed by atoms with Crippen molar-refractivity contribution in [1.29, 1.82) is 0 Å². The van der Waals surface area contributed by atoms with Crippen molar-refractivity contribution in [2.24, 2.45) is 13.0 Å². The van der Waals surface area contributed by atoms with E-state index in [1.54, 1.807) is 25.5 Å². The van der Waals surface area contributed by atoms with Gasteiger partial charge in [-0.25, -0.2) is 4.39 Å². The average Bonchev–Trinajstić information content (AvgIpc) is 3.65. The van der Waals surface area contributed by atoms with Gasteiger partial charge in [-0.2, -0.15) is 18.3 Å². The number of anilines is 1. The van der Waals surface area contributed by atoms with Crippen molar-refractivity contribution < 1.29 is 31.9 Å². The van der Waals surface area contributed by atoms with E-state index in [0.29, 0.717) is 65.7 Å². The second-order valence-corrected chi connectivity index (χ2v) is 14.8. The number of hydrogen-bond acceptors (Lipinski definition) is 8. The number of rotatable bonds is 10. The van der Waals surface area contributed by atoms with Gasteiger partial charge < -0.3 is 24.4 Å². The molecule has 2 amide bonds. The second kappa shape index (κ2) is 15.5. The number of nitrogens with one attached hydrogen (secondary N) is 3. The van der Waals surface area contributed by atoms with Gasteiger partial charge in [0.05, 0.1) is 18.9 Å². The molecule has 288 valence electrons. The maximum absolute atomic E-state index is 15.7. The number of likely N-dealkylation sites (tertiary alicyclic amines) is 2. The molecule has 0 spiro atoms. The van der Waals surface area contributed by atoms with Gasteiger partial charge in [-0.15, -0.1) is 0 Å². The van der Waals surface area contributed by atoms with Crippen LogP contribution in [0.1, 0.15) is 61.1 Å². The first-order valence-corrected chi connectivity index (χ1v) is 18.5. The number of alkyl halides is 3. The number of benzene rings is 2. The fourth-order valence-corrected chi connectivity index (χ4v) is 8.26. The van der Waals surface area contributed by atoms with Gasteiger partial charge in [0.25, 0.3) is 5.56 Å². The lowest BCUT2D eigenvalue weighted by Crippen LogP contribution is -2.47. The highest BCUT2D eigenvalue weighted by molar-refractivity contribution is 6.01. The zero-order valence-corrected chi connectivity index (χ0v) is 30.4. The van der Waals surface area contributed by atoms with Crippen LogP contribution in [0.3, 0.4) is 0 Å². The molecule has 3 aliphatic heterocycles. The van der Waals surface area contributed by atoms with Gasteiger partial charge in [0, 0.05) is 55.0 Å². The molecule has 3 fully saturated rings. The number of halogens is 4. The van der Waals surface area contributed by atoms with E-state index < -0.39 is 23.7 Å². The third kappa shape index (κ3) is 8.02.